The van der Waals surface area contributed by atoms with Crippen LogP contribution < -0.4 is 5.32 Å². The summed E-state index contributed by atoms with van der Waals surface area (Å²) < 4.78 is 17.6. The summed E-state index contributed by atoms with van der Waals surface area (Å²) >= 11 is 0. The highest BCUT2D eigenvalue weighted by atomic mass is 19.1. The smallest absolute Gasteiger partial charge is 0.245 e. The molecular formula is C14H15FN2O3. The number of carbonyl (C=O) groups excluding carboxylic acids is 2. The van der Waals surface area contributed by atoms with E-state index in [1.165, 1.54) is 19.2 Å². The van der Waals surface area contributed by atoms with E-state index in [1.54, 1.807) is 6.07 Å². The van der Waals surface area contributed by atoms with Gasteiger partial charge in [-0.2, -0.15) is 5.26 Å². The van der Waals surface area contributed by atoms with E-state index in [9.17, 15) is 14.0 Å². The van der Waals surface area contributed by atoms with Crippen LogP contribution in [0.3, 0.4) is 0 Å². The molecule has 6 heteroatoms. The number of nitrogens with one attached hydrogen (secondary N) is 1. The highest BCUT2D eigenvalue weighted by molar-refractivity contribution is 6.12. The molecule has 0 aromatic heterocycles. The molecule has 0 saturated carbocycles. The third-order valence-electron chi connectivity index (χ3n) is 2.61. The van der Waals surface area contributed by atoms with Crippen molar-refractivity contribution >= 4 is 11.7 Å². The van der Waals surface area contributed by atoms with Crippen LogP contribution in [-0.2, 0) is 9.53 Å². The highest BCUT2D eigenvalue weighted by Crippen LogP contribution is 2.10. The van der Waals surface area contributed by atoms with Crippen LogP contribution in [0.5, 0.6) is 0 Å². The SMILES string of the molecule is COCCCNC(=O)[C@H](C#N)C(=O)c1ccc(F)cc1. The summed E-state index contributed by atoms with van der Waals surface area (Å²) in [6.07, 6.45) is 0.588. The Balaban J connectivity index is 2.65. The fourth-order valence-electron chi connectivity index (χ4n) is 1.55. The molecule has 0 radical (unpaired) electrons. The van der Waals surface area contributed by atoms with Gasteiger partial charge in [0.25, 0.3) is 0 Å². The van der Waals surface area contributed by atoms with Crippen molar-refractivity contribution in [2.24, 2.45) is 5.92 Å². The van der Waals surface area contributed by atoms with Crippen LogP contribution in [-0.4, -0.2) is 32.0 Å². The molecule has 1 N–H and O–H groups in total. The van der Waals surface area contributed by atoms with Gasteiger partial charge in [-0.05, 0) is 30.7 Å². The molecule has 0 bridgehead atoms. The number of methoxy groups -OCH3 is 1. The summed E-state index contributed by atoms with van der Waals surface area (Å²) in [6.45, 7) is 0.797. The van der Waals surface area contributed by atoms with E-state index in [1.807, 2.05) is 0 Å². The molecule has 1 aromatic rings. The van der Waals surface area contributed by atoms with E-state index in [4.69, 9.17) is 10.00 Å². The van der Waals surface area contributed by atoms with Gasteiger partial charge in [0.1, 0.15) is 5.82 Å². The van der Waals surface area contributed by atoms with Gasteiger partial charge in [0.2, 0.25) is 5.91 Å². The maximum atomic E-state index is 12.8. The Morgan fingerprint density at radius 3 is 2.60 bits per heavy atom. The number of halogens is 1. The fraction of sp³-hybridized carbons (Fsp3) is 0.357. The number of carbonyl (C=O) groups is 2. The number of nitrogens with zero attached hydrogens (tertiary/aromatic N) is 1. The van der Waals surface area contributed by atoms with Gasteiger partial charge in [-0.3, -0.25) is 9.59 Å². The first-order chi connectivity index (χ1) is 9.60. The van der Waals surface area contributed by atoms with Gasteiger partial charge in [-0.1, -0.05) is 0 Å². The predicted molar refractivity (Wildman–Crippen MR) is 69.3 cm³/mol. The standard InChI is InChI=1S/C14H15FN2O3/c1-20-8-2-7-17-14(19)12(9-16)13(18)10-3-5-11(15)6-4-10/h3-6,12H,2,7-8H2,1H3,(H,17,19)/t12-/m1/s1. The van der Waals surface area contributed by atoms with E-state index in [0.717, 1.165) is 12.1 Å². The van der Waals surface area contributed by atoms with Crippen LogP contribution in [0.1, 0.15) is 16.8 Å². The van der Waals surface area contributed by atoms with Gasteiger partial charge in [0.15, 0.2) is 11.7 Å². The second-order valence-corrected chi connectivity index (χ2v) is 4.07. The Bertz CT molecular complexity index is 508. The molecule has 0 aliphatic rings. The van der Waals surface area contributed by atoms with E-state index >= 15 is 0 Å². The molecule has 0 saturated heterocycles. The van der Waals surface area contributed by atoms with Crippen LogP contribution in [0, 0.1) is 23.1 Å². The average molecular weight is 278 g/mol. The number of hydrogen-bond acceptors (Lipinski definition) is 4. The summed E-state index contributed by atoms with van der Waals surface area (Å²) in [6, 6.07) is 6.39. The Hall–Kier alpha value is -2.26. The van der Waals surface area contributed by atoms with Gasteiger partial charge < -0.3 is 10.1 Å². The first kappa shape index (κ1) is 15.8. The van der Waals surface area contributed by atoms with Gasteiger partial charge in [0.05, 0.1) is 6.07 Å². The number of nitriles is 1. The zero-order valence-corrected chi connectivity index (χ0v) is 11.1. The van der Waals surface area contributed by atoms with Crippen molar-refractivity contribution in [1.29, 1.82) is 5.26 Å². The Morgan fingerprint density at radius 1 is 1.40 bits per heavy atom. The molecule has 1 aromatic carbocycles. The van der Waals surface area contributed by atoms with Crippen LogP contribution in [0.2, 0.25) is 0 Å². The van der Waals surface area contributed by atoms with Crippen molar-refractivity contribution in [2.45, 2.75) is 6.42 Å². The summed E-state index contributed by atoms with van der Waals surface area (Å²) in [7, 11) is 1.54. The Labute approximate surface area is 116 Å². The van der Waals surface area contributed by atoms with Crippen molar-refractivity contribution in [1.82, 2.24) is 5.32 Å². The summed E-state index contributed by atoms with van der Waals surface area (Å²) in [4.78, 5) is 23.7. The highest BCUT2D eigenvalue weighted by Gasteiger charge is 2.27. The number of rotatable bonds is 7. The largest absolute Gasteiger partial charge is 0.385 e. The minimum Gasteiger partial charge on any atom is -0.385 e. The molecule has 5 nitrogen and oxygen atoms in total. The van der Waals surface area contributed by atoms with Gasteiger partial charge in [-0.25, -0.2) is 4.39 Å². The second-order valence-electron chi connectivity index (χ2n) is 4.07. The number of ketones is 1. The lowest BCUT2D eigenvalue weighted by atomic mass is 9.98. The maximum Gasteiger partial charge on any atom is 0.245 e. The fourth-order valence-corrected chi connectivity index (χ4v) is 1.55. The second kappa shape index (κ2) is 8.02. The van der Waals surface area contributed by atoms with Gasteiger partial charge in [-0.15, -0.1) is 0 Å². The van der Waals surface area contributed by atoms with E-state index < -0.39 is 23.4 Å². The lowest BCUT2D eigenvalue weighted by Crippen LogP contribution is -2.35. The van der Waals surface area contributed by atoms with Crippen molar-refractivity contribution in [3.05, 3.63) is 35.6 Å². The lowest BCUT2D eigenvalue weighted by molar-refractivity contribution is -0.122. The first-order valence-electron chi connectivity index (χ1n) is 6.06. The molecule has 0 spiro atoms. The number of benzene rings is 1. The zero-order chi connectivity index (χ0) is 15.0. The van der Waals surface area contributed by atoms with Crippen molar-refractivity contribution in [3.8, 4) is 6.07 Å². The average Bonchev–Trinajstić information content (AvgIpc) is 2.45. The molecule has 0 unspecified atom stereocenters. The molecule has 1 atom stereocenters. The summed E-state index contributed by atoms with van der Waals surface area (Å²) in [5.74, 6) is -3.21. The van der Waals surface area contributed by atoms with Crippen LogP contribution in [0.15, 0.2) is 24.3 Å². The molecule has 106 valence electrons. The molecule has 20 heavy (non-hydrogen) atoms. The predicted octanol–water partition coefficient (Wildman–Crippen LogP) is 1.30. The third kappa shape index (κ3) is 4.44. The molecule has 0 aliphatic carbocycles. The topological polar surface area (TPSA) is 79.2 Å². The van der Waals surface area contributed by atoms with Crippen LogP contribution >= 0.6 is 0 Å². The van der Waals surface area contributed by atoms with E-state index in [-0.39, 0.29) is 5.56 Å². The van der Waals surface area contributed by atoms with E-state index in [2.05, 4.69) is 5.32 Å². The quantitative estimate of drug-likeness (QED) is 0.463. The number of ether oxygens (including phenoxy) is 1. The van der Waals surface area contributed by atoms with Crippen molar-refractivity contribution in [2.75, 3.05) is 20.3 Å². The number of amides is 1. The lowest BCUT2D eigenvalue weighted by Gasteiger charge is -2.09. The maximum absolute atomic E-state index is 12.8. The number of Topliss-reactive ketones (excluding diaryl/α,β-unsaturated/α-hetero) is 1. The normalized spacial score (nSPS) is 11.4. The van der Waals surface area contributed by atoms with Gasteiger partial charge >= 0.3 is 0 Å². The molecule has 0 aliphatic heterocycles. The minimum atomic E-state index is -1.43. The molecular weight excluding hydrogens is 263 g/mol. The summed E-state index contributed by atoms with van der Waals surface area (Å²) in [5.41, 5.74) is 0.130. The molecule has 1 amide bonds. The van der Waals surface area contributed by atoms with Crippen LogP contribution in [0.4, 0.5) is 4.39 Å². The zero-order valence-electron chi connectivity index (χ0n) is 11.1. The molecule has 0 heterocycles. The van der Waals surface area contributed by atoms with Crippen LogP contribution in [0.25, 0.3) is 0 Å². The Kier molecular flexibility index (Phi) is 6.33. The van der Waals surface area contributed by atoms with Gasteiger partial charge in [0, 0.05) is 25.8 Å². The molecule has 0 fully saturated rings. The Morgan fingerprint density at radius 2 is 2.05 bits per heavy atom. The third-order valence-corrected chi connectivity index (χ3v) is 2.61. The minimum absolute atomic E-state index is 0.130. The number of hydrogen-bond donors (Lipinski definition) is 1. The summed E-state index contributed by atoms with van der Waals surface area (Å²) in [5, 5.41) is 11.4. The first-order valence-corrected chi connectivity index (χ1v) is 6.06. The van der Waals surface area contributed by atoms with Crippen molar-refractivity contribution in [3.63, 3.8) is 0 Å². The van der Waals surface area contributed by atoms with E-state index in [0.29, 0.717) is 19.6 Å². The monoisotopic (exact) mass is 278 g/mol. The van der Waals surface area contributed by atoms with Crippen molar-refractivity contribution < 1.29 is 18.7 Å². The molecule has 1 rings (SSSR count).